The first kappa shape index (κ1) is 11.7. The quantitative estimate of drug-likeness (QED) is 0.880. The van der Waals surface area contributed by atoms with Crippen molar-refractivity contribution < 1.29 is 4.39 Å². The minimum atomic E-state index is -0.277. The van der Waals surface area contributed by atoms with Gasteiger partial charge in [0.2, 0.25) is 0 Å². The Labute approximate surface area is 113 Å². The molecule has 5 heteroatoms. The van der Waals surface area contributed by atoms with Crippen LogP contribution >= 0.6 is 15.9 Å². The first-order valence-electron chi connectivity index (χ1n) is 5.75. The molecule has 1 aliphatic rings. The summed E-state index contributed by atoms with van der Waals surface area (Å²) in [6.07, 6.45) is 2.76. The lowest BCUT2D eigenvalue weighted by Gasteiger charge is -2.16. The maximum atomic E-state index is 13.2. The van der Waals surface area contributed by atoms with E-state index in [1.807, 2.05) is 6.20 Å². The third-order valence-corrected chi connectivity index (χ3v) is 3.59. The minimum absolute atomic E-state index is 0.277. The van der Waals surface area contributed by atoms with Crippen LogP contribution in [0.5, 0.6) is 0 Å². The van der Waals surface area contributed by atoms with Crippen molar-refractivity contribution in [2.24, 2.45) is 0 Å². The number of hydrogen-bond acceptors (Lipinski definition) is 3. The number of nitrogens with zero attached hydrogens (tertiary/aromatic N) is 2. The maximum Gasteiger partial charge on any atom is 0.159 e. The van der Waals surface area contributed by atoms with Gasteiger partial charge in [0.1, 0.15) is 5.82 Å². The highest BCUT2D eigenvalue weighted by Gasteiger charge is 2.13. The van der Waals surface area contributed by atoms with Crippen molar-refractivity contribution in [2.45, 2.75) is 13.0 Å². The largest absolute Gasteiger partial charge is 0.312 e. The molecule has 92 valence electrons. The van der Waals surface area contributed by atoms with Gasteiger partial charge < -0.3 is 5.32 Å². The molecule has 0 bridgehead atoms. The van der Waals surface area contributed by atoms with E-state index >= 15 is 0 Å². The van der Waals surface area contributed by atoms with Gasteiger partial charge >= 0.3 is 0 Å². The fourth-order valence-electron chi connectivity index (χ4n) is 2.01. The lowest BCUT2D eigenvalue weighted by molar-refractivity contribution is 0.621. The lowest BCUT2D eigenvalue weighted by atomic mass is 10.1. The second-order valence-electron chi connectivity index (χ2n) is 4.22. The fraction of sp³-hybridized carbons (Fsp3) is 0.231. The van der Waals surface area contributed by atoms with Crippen LogP contribution in [0, 0.1) is 5.82 Å². The maximum absolute atomic E-state index is 13.2. The molecule has 18 heavy (non-hydrogen) atoms. The summed E-state index contributed by atoms with van der Waals surface area (Å²) in [4.78, 5) is 8.90. The second kappa shape index (κ2) is 4.74. The molecule has 0 saturated heterocycles. The summed E-state index contributed by atoms with van der Waals surface area (Å²) in [7, 11) is 0. The molecule has 2 heterocycles. The highest BCUT2D eigenvalue weighted by molar-refractivity contribution is 9.10. The highest BCUT2D eigenvalue weighted by Crippen LogP contribution is 2.23. The number of nitrogens with one attached hydrogen (secondary N) is 1. The van der Waals surface area contributed by atoms with E-state index < -0.39 is 0 Å². The molecule has 1 N–H and O–H groups in total. The molecule has 0 atom stereocenters. The molecule has 3 nitrogen and oxygen atoms in total. The topological polar surface area (TPSA) is 37.8 Å². The third kappa shape index (κ3) is 2.15. The standard InChI is InChI=1S/C13H11BrFN3/c14-10-5-8(1-2-11(10)15)13-17-7-9-6-16-4-3-12(9)18-13/h1-2,5,7,16H,3-4,6H2. The second-order valence-corrected chi connectivity index (χ2v) is 5.08. The predicted molar refractivity (Wildman–Crippen MR) is 70.5 cm³/mol. The molecule has 0 radical (unpaired) electrons. The summed E-state index contributed by atoms with van der Waals surface area (Å²) in [5.41, 5.74) is 3.05. The van der Waals surface area contributed by atoms with Crippen LogP contribution in [0.3, 0.4) is 0 Å². The number of benzene rings is 1. The van der Waals surface area contributed by atoms with Crippen LogP contribution in [0.1, 0.15) is 11.3 Å². The van der Waals surface area contributed by atoms with Crippen LogP contribution in [0.25, 0.3) is 11.4 Å². The normalized spacial score (nSPS) is 14.3. The van der Waals surface area contributed by atoms with Gasteiger partial charge in [-0.25, -0.2) is 14.4 Å². The van der Waals surface area contributed by atoms with E-state index in [2.05, 4.69) is 31.2 Å². The number of fused-ring (bicyclic) bond motifs is 1. The van der Waals surface area contributed by atoms with Gasteiger partial charge in [-0.05, 0) is 34.1 Å². The Morgan fingerprint density at radius 2 is 2.22 bits per heavy atom. The van der Waals surface area contributed by atoms with Crippen molar-refractivity contribution in [1.29, 1.82) is 0 Å². The molecule has 0 aliphatic carbocycles. The van der Waals surface area contributed by atoms with E-state index in [0.717, 1.165) is 36.3 Å². The van der Waals surface area contributed by atoms with Crippen LogP contribution < -0.4 is 5.32 Å². The zero-order valence-corrected chi connectivity index (χ0v) is 11.2. The van der Waals surface area contributed by atoms with Gasteiger partial charge in [0.15, 0.2) is 5.82 Å². The van der Waals surface area contributed by atoms with Gasteiger partial charge in [-0.1, -0.05) is 0 Å². The Morgan fingerprint density at radius 1 is 1.33 bits per heavy atom. The monoisotopic (exact) mass is 307 g/mol. The summed E-state index contributed by atoms with van der Waals surface area (Å²) in [6.45, 7) is 1.76. The van der Waals surface area contributed by atoms with Crippen LogP contribution in [-0.2, 0) is 13.0 Å². The van der Waals surface area contributed by atoms with E-state index in [9.17, 15) is 4.39 Å². The van der Waals surface area contributed by atoms with E-state index in [0.29, 0.717) is 10.3 Å². The average Bonchev–Trinajstić information content (AvgIpc) is 2.41. The molecule has 0 amide bonds. The molecule has 1 aliphatic heterocycles. The number of rotatable bonds is 1. The van der Waals surface area contributed by atoms with E-state index in [4.69, 9.17) is 0 Å². The van der Waals surface area contributed by atoms with Crippen LogP contribution in [0.15, 0.2) is 28.9 Å². The SMILES string of the molecule is Fc1ccc(-c2ncc3c(n2)CCNC3)cc1Br. The fourth-order valence-corrected chi connectivity index (χ4v) is 2.39. The lowest BCUT2D eigenvalue weighted by Crippen LogP contribution is -2.24. The molecule has 2 aromatic rings. The average molecular weight is 308 g/mol. The van der Waals surface area contributed by atoms with Gasteiger partial charge in [0, 0.05) is 36.8 Å². The Hall–Kier alpha value is -1.33. The van der Waals surface area contributed by atoms with Gasteiger partial charge in [-0.15, -0.1) is 0 Å². The molecule has 1 aromatic heterocycles. The molecule has 0 spiro atoms. The van der Waals surface area contributed by atoms with Gasteiger partial charge in [0.05, 0.1) is 10.2 Å². The van der Waals surface area contributed by atoms with Crippen molar-refractivity contribution in [1.82, 2.24) is 15.3 Å². The molecular weight excluding hydrogens is 297 g/mol. The summed E-state index contributed by atoms with van der Waals surface area (Å²) in [6, 6.07) is 4.82. The van der Waals surface area contributed by atoms with Crippen molar-refractivity contribution in [3.63, 3.8) is 0 Å². The van der Waals surface area contributed by atoms with E-state index in [-0.39, 0.29) is 5.82 Å². The van der Waals surface area contributed by atoms with Crippen LogP contribution in [-0.4, -0.2) is 16.5 Å². The molecule has 1 aromatic carbocycles. The zero-order valence-electron chi connectivity index (χ0n) is 9.58. The van der Waals surface area contributed by atoms with Crippen LogP contribution in [0.4, 0.5) is 4.39 Å². The van der Waals surface area contributed by atoms with Crippen molar-refractivity contribution in [3.05, 3.63) is 45.9 Å². The van der Waals surface area contributed by atoms with Gasteiger partial charge in [-0.2, -0.15) is 0 Å². The Morgan fingerprint density at radius 3 is 3.06 bits per heavy atom. The summed E-state index contributed by atoms with van der Waals surface area (Å²) >= 11 is 3.18. The number of halogens is 2. The summed E-state index contributed by atoms with van der Waals surface area (Å²) in [5, 5.41) is 3.28. The van der Waals surface area contributed by atoms with Crippen LogP contribution in [0.2, 0.25) is 0 Å². The molecule has 3 rings (SSSR count). The number of hydrogen-bond donors (Lipinski definition) is 1. The van der Waals surface area contributed by atoms with Crippen molar-refractivity contribution in [2.75, 3.05) is 6.54 Å². The predicted octanol–water partition coefficient (Wildman–Crippen LogP) is 2.69. The van der Waals surface area contributed by atoms with Crippen molar-refractivity contribution in [3.8, 4) is 11.4 Å². The van der Waals surface area contributed by atoms with E-state index in [1.165, 1.54) is 6.07 Å². The first-order valence-corrected chi connectivity index (χ1v) is 6.54. The molecule has 0 saturated carbocycles. The Bertz CT molecular complexity index is 601. The smallest absolute Gasteiger partial charge is 0.159 e. The minimum Gasteiger partial charge on any atom is -0.312 e. The Balaban J connectivity index is 2.03. The first-order chi connectivity index (χ1) is 8.74. The summed E-state index contributed by atoms with van der Waals surface area (Å²) in [5.74, 6) is 0.372. The third-order valence-electron chi connectivity index (χ3n) is 2.99. The van der Waals surface area contributed by atoms with Crippen molar-refractivity contribution >= 4 is 15.9 Å². The van der Waals surface area contributed by atoms with Gasteiger partial charge in [-0.3, -0.25) is 0 Å². The molecule has 0 unspecified atom stereocenters. The van der Waals surface area contributed by atoms with E-state index in [1.54, 1.807) is 12.1 Å². The molecular formula is C13H11BrFN3. The zero-order chi connectivity index (χ0) is 12.5. The number of aromatic nitrogens is 2. The van der Waals surface area contributed by atoms with Gasteiger partial charge in [0.25, 0.3) is 0 Å². The Kier molecular flexibility index (Phi) is 3.09. The summed E-state index contributed by atoms with van der Waals surface area (Å²) < 4.78 is 13.6. The highest BCUT2D eigenvalue weighted by atomic mass is 79.9. The molecule has 0 fully saturated rings.